The lowest BCUT2D eigenvalue weighted by Crippen LogP contribution is -2.29. The first-order chi connectivity index (χ1) is 8.16. The standard InChI is InChI=1S/C15H23NO/c1-11-6-7-15(12(2)9-11)13(3)16-10-14-5-4-8-17-14/h6-7,9,13-14,16H,4-5,8,10H2,1-3H3. The van der Waals surface area contributed by atoms with E-state index in [9.17, 15) is 0 Å². The number of benzene rings is 1. The van der Waals surface area contributed by atoms with E-state index in [0.29, 0.717) is 12.1 Å². The first kappa shape index (κ1) is 12.6. The summed E-state index contributed by atoms with van der Waals surface area (Å²) >= 11 is 0. The molecule has 2 heteroatoms. The van der Waals surface area contributed by atoms with Crippen LogP contribution < -0.4 is 5.32 Å². The molecule has 94 valence electrons. The van der Waals surface area contributed by atoms with E-state index < -0.39 is 0 Å². The molecule has 2 unspecified atom stereocenters. The fraction of sp³-hybridized carbons (Fsp3) is 0.600. The van der Waals surface area contributed by atoms with Crippen molar-refractivity contribution in [2.75, 3.05) is 13.2 Å². The summed E-state index contributed by atoms with van der Waals surface area (Å²) in [5, 5.41) is 3.58. The predicted octanol–water partition coefficient (Wildman–Crippen LogP) is 3.13. The van der Waals surface area contributed by atoms with Gasteiger partial charge in [0.1, 0.15) is 0 Å². The van der Waals surface area contributed by atoms with Crippen LogP contribution in [0.3, 0.4) is 0 Å². The smallest absolute Gasteiger partial charge is 0.0700 e. The van der Waals surface area contributed by atoms with Crippen molar-refractivity contribution in [1.82, 2.24) is 5.32 Å². The van der Waals surface area contributed by atoms with Crippen LogP contribution in [0.2, 0.25) is 0 Å². The minimum absolute atomic E-state index is 0.403. The quantitative estimate of drug-likeness (QED) is 0.862. The van der Waals surface area contributed by atoms with Gasteiger partial charge in [0.2, 0.25) is 0 Å². The highest BCUT2D eigenvalue weighted by molar-refractivity contribution is 5.32. The number of ether oxygens (including phenoxy) is 1. The van der Waals surface area contributed by atoms with Crippen LogP contribution in [0.15, 0.2) is 18.2 Å². The molecule has 0 spiro atoms. The molecule has 1 aromatic rings. The SMILES string of the molecule is Cc1ccc(C(C)NCC2CCCO2)c(C)c1. The Kier molecular flexibility index (Phi) is 4.19. The Balaban J connectivity index is 1.91. The van der Waals surface area contributed by atoms with Crippen molar-refractivity contribution < 1.29 is 4.74 Å². The fourth-order valence-electron chi connectivity index (χ4n) is 2.53. The van der Waals surface area contributed by atoms with Crippen LogP contribution in [0.1, 0.15) is 42.5 Å². The largest absolute Gasteiger partial charge is 0.377 e. The van der Waals surface area contributed by atoms with Crippen molar-refractivity contribution >= 4 is 0 Å². The Morgan fingerprint density at radius 2 is 2.24 bits per heavy atom. The third-order valence-electron chi connectivity index (χ3n) is 3.57. The zero-order valence-electron chi connectivity index (χ0n) is 11.1. The first-order valence-corrected chi connectivity index (χ1v) is 6.59. The van der Waals surface area contributed by atoms with Crippen LogP contribution >= 0.6 is 0 Å². The van der Waals surface area contributed by atoms with Crippen molar-refractivity contribution in [2.45, 2.75) is 45.8 Å². The molecule has 1 aromatic carbocycles. The summed E-state index contributed by atoms with van der Waals surface area (Å²) in [6.45, 7) is 8.46. The van der Waals surface area contributed by atoms with Crippen molar-refractivity contribution in [3.05, 3.63) is 34.9 Å². The van der Waals surface area contributed by atoms with Gasteiger partial charge in [-0.2, -0.15) is 0 Å². The summed E-state index contributed by atoms with van der Waals surface area (Å²) in [6.07, 6.45) is 2.83. The molecule has 2 atom stereocenters. The summed E-state index contributed by atoms with van der Waals surface area (Å²) in [7, 11) is 0. The third-order valence-corrected chi connectivity index (χ3v) is 3.57. The second kappa shape index (κ2) is 5.65. The van der Waals surface area contributed by atoms with Crippen LogP contribution in [0.25, 0.3) is 0 Å². The van der Waals surface area contributed by atoms with E-state index in [1.165, 1.54) is 29.5 Å². The number of rotatable bonds is 4. The van der Waals surface area contributed by atoms with Gasteiger partial charge in [-0.25, -0.2) is 0 Å². The monoisotopic (exact) mass is 233 g/mol. The van der Waals surface area contributed by atoms with Gasteiger partial charge in [-0.15, -0.1) is 0 Å². The normalized spacial score (nSPS) is 21.7. The minimum atomic E-state index is 0.403. The molecule has 1 fully saturated rings. The third kappa shape index (κ3) is 3.30. The van der Waals surface area contributed by atoms with E-state index >= 15 is 0 Å². The molecule has 0 aromatic heterocycles. The second-order valence-electron chi connectivity index (χ2n) is 5.13. The molecular formula is C15H23NO. The van der Waals surface area contributed by atoms with Gasteiger partial charge in [0.15, 0.2) is 0 Å². The molecule has 17 heavy (non-hydrogen) atoms. The topological polar surface area (TPSA) is 21.3 Å². The molecule has 0 bridgehead atoms. The molecule has 1 saturated heterocycles. The van der Waals surface area contributed by atoms with Gasteiger partial charge in [0, 0.05) is 19.2 Å². The molecule has 0 amide bonds. The molecule has 2 nitrogen and oxygen atoms in total. The van der Waals surface area contributed by atoms with Gasteiger partial charge < -0.3 is 10.1 Å². The van der Waals surface area contributed by atoms with Gasteiger partial charge in [-0.3, -0.25) is 0 Å². The fourth-order valence-corrected chi connectivity index (χ4v) is 2.53. The summed E-state index contributed by atoms with van der Waals surface area (Å²) in [6, 6.07) is 7.07. The zero-order chi connectivity index (χ0) is 12.3. The Morgan fingerprint density at radius 3 is 2.88 bits per heavy atom. The Morgan fingerprint density at radius 1 is 1.41 bits per heavy atom. The summed E-state index contributed by atoms with van der Waals surface area (Å²) in [5.41, 5.74) is 4.10. The van der Waals surface area contributed by atoms with Crippen LogP contribution in [-0.4, -0.2) is 19.3 Å². The highest BCUT2D eigenvalue weighted by Crippen LogP contribution is 2.19. The maximum absolute atomic E-state index is 5.63. The van der Waals surface area contributed by atoms with Gasteiger partial charge in [-0.05, 0) is 44.7 Å². The Labute approximate surface area is 104 Å². The van der Waals surface area contributed by atoms with Crippen LogP contribution in [0.5, 0.6) is 0 Å². The molecule has 0 saturated carbocycles. The van der Waals surface area contributed by atoms with Crippen molar-refractivity contribution in [2.24, 2.45) is 0 Å². The van der Waals surface area contributed by atoms with Crippen LogP contribution in [0.4, 0.5) is 0 Å². The van der Waals surface area contributed by atoms with E-state index in [2.05, 4.69) is 44.3 Å². The molecule has 1 heterocycles. The summed E-state index contributed by atoms with van der Waals surface area (Å²) < 4.78 is 5.63. The number of hydrogen-bond acceptors (Lipinski definition) is 2. The van der Waals surface area contributed by atoms with Gasteiger partial charge in [-0.1, -0.05) is 23.8 Å². The molecule has 1 aliphatic rings. The lowest BCUT2D eigenvalue weighted by Gasteiger charge is -2.19. The van der Waals surface area contributed by atoms with Gasteiger partial charge >= 0.3 is 0 Å². The van der Waals surface area contributed by atoms with Crippen molar-refractivity contribution in [3.63, 3.8) is 0 Å². The number of aryl methyl sites for hydroxylation is 2. The molecule has 0 aliphatic carbocycles. The van der Waals surface area contributed by atoms with Crippen molar-refractivity contribution in [1.29, 1.82) is 0 Å². The molecular weight excluding hydrogens is 210 g/mol. The van der Waals surface area contributed by atoms with Crippen LogP contribution in [-0.2, 0) is 4.74 Å². The van der Waals surface area contributed by atoms with E-state index in [0.717, 1.165) is 13.2 Å². The maximum atomic E-state index is 5.63. The number of nitrogens with one attached hydrogen (secondary N) is 1. The van der Waals surface area contributed by atoms with Gasteiger partial charge in [0.05, 0.1) is 6.10 Å². The average Bonchev–Trinajstić information content (AvgIpc) is 2.78. The molecule has 1 aliphatic heterocycles. The molecule has 0 radical (unpaired) electrons. The molecule has 2 rings (SSSR count). The highest BCUT2D eigenvalue weighted by Gasteiger charge is 2.16. The van der Waals surface area contributed by atoms with E-state index in [4.69, 9.17) is 4.74 Å². The second-order valence-corrected chi connectivity index (χ2v) is 5.13. The Bertz CT molecular complexity index is 369. The molecule has 1 N–H and O–H groups in total. The summed E-state index contributed by atoms with van der Waals surface area (Å²) in [5.74, 6) is 0. The van der Waals surface area contributed by atoms with Gasteiger partial charge in [0.25, 0.3) is 0 Å². The van der Waals surface area contributed by atoms with E-state index in [1.807, 2.05) is 0 Å². The number of hydrogen-bond donors (Lipinski definition) is 1. The van der Waals surface area contributed by atoms with E-state index in [1.54, 1.807) is 0 Å². The van der Waals surface area contributed by atoms with Crippen molar-refractivity contribution in [3.8, 4) is 0 Å². The Hall–Kier alpha value is -0.860. The summed E-state index contributed by atoms with van der Waals surface area (Å²) in [4.78, 5) is 0. The zero-order valence-corrected chi connectivity index (χ0v) is 11.1. The minimum Gasteiger partial charge on any atom is -0.377 e. The lowest BCUT2D eigenvalue weighted by atomic mass is 10.00. The predicted molar refractivity (Wildman–Crippen MR) is 71.3 cm³/mol. The lowest BCUT2D eigenvalue weighted by molar-refractivity contribution is 0.108. The van der Waals surface area contributed by atoms with E-state index in [-0.39, 0.29) is 0 Å². The average molecular weight is 233 g/mol. The van der Waals surface area contributed by atoms with Crippen LogP contribution in [0, 0.1) is 13.8 Å². The maximum Gasteiger partial charge on any atom is 0.0700 e. The first-order valence-electron chi connectivity index (χ1n) is 6.59. The highest BCUT2D eigenvalue weighted by atomic mass is 16.5.